The van der Waals surface area contributed by atoms with E-state index in [4.69, 9.17) is 5.73 Å². The molecule has 0 unspecified atom stereocenters. The molecule has 0 spiro atoms. The van der Waals surface area contributed by atoms with Crippen LogP contribution in [0, 0.1) is 0 Å². The lowest BCUT2D eigenvalue weighted by Gasteiger charge is -2.08. The summed E-state index contributed by atoms with van der Waals surface area (Å²) in [6.45, 7) is 0. The van der Waals surface area contributed by atoms with Crippen molar-refractivity contribution < 1.29 is 18.0 Å². The average molecular weight is 312 g/mol. The number of carbonyl (C=O) groups excluding carboxylic acids is 1. The molecule has 2 rings (SSSR count). The van der Waals surface area contributed by atoms with Crippen molar-refractivity contribution in [1.82, 2.24) is 4.98 Å². The Hall–Kier alpha value is -2.02. The summed E-state index contributed by atoms with van der Waals surface area (Å²) in [5.74, 6) is -0.581. The first-order valence-corrected chi connectivity index (χ1v) is 6.75. The van der Waals surface area contributed by atoms with Crippen LogP contribution in [0.25, 0.3) is 0 Å². The number of nitrogens with two attached hydrogens (primary N) is 1. The number of halogens is 3. The number of hydrogen-bond acceptors (Lipinski definition) is 3. The van der Waals surface area contributed by atoms with Gasteiger partial charge in [0.05, 0.1) is 11.3 Å². The van der Waals surface area contributed by atoms with Crippen molar-refractivity contribution in [2.24, 2.45) is 5.73 Å². The van der Waals surface area contributed by atoms with E-state index in [0.717, 1.165) is 5.56 Å². The third-order valence-electron chi connectivity index (χ3n) is 2.68. The maximum Gasteiger partial charge on any atom is 0.446 e. The van der Waals surface area contributed by atoms with Gasteiger partial charge in [0.2, 0.25) is 0 Å². The van der Waals surface area contributed by atoms with Gasteiger partial charge in [0.1, 0.15) is 0 Å². The zero-order valence-corrected chi connectivity index (χ0v) is 11.5. The summed E-state index contributed by atoms with van der Waals surface area (Å²) in [6, 6.07) is 9.10. The summed E-state index contributed by atoms with van der Waals surface area (Å²) >= 11 is -0.166. The standard InChI is InChI=1S/C14H11F3N2OS/c15-14(16,17)21-10-5-3-9(4-6-10)8-12-11(13(18)20)2-1-7-19-12/h1-7H,8H2,(H2,18,20). The number of rotatable bonds is 4. The lowest BCUT2D eigenvalue weighted by molar-refractivity contribution is -0.0328. The number of amides is 1. The lowest BCUT2D eigenvalue weighted by Crippen LogP contribution is -2.14. The van der Waals surface area contributed by atoms with Crippen LogP contribution in [0.3, 0.4) is 0 Å². The van der Waals surface area contributed by atoms with Crippen LogP contribution in [0.1, 0.15) is 21.6 Å². The van der Waals surface area contributed by atoms with Gasteiger partial charge in [0, 0.05) is 17.5 Å². The van der Waals surface area contributed by atoms with Crippen LogP contribution in [-0.2, 0) is 6.42 Å². The van der Waals surface area contributed by atoms with Crippen molar-refractivity contribution >= 4 is 17.7 Å². The van der Waals surface area contributed by atoms with Crippen LogP contribution >= 0.6 is 11.8 Å². The molecule has 0 atom stereocenters. The van der Waals surface area contributed by atoms with Crippen LogP contribution < -0.4 is 5.73 Å². The Balaban J connectivity index is 2.16. The van der Waals surface area contributed by atoms with E-state index in [0.29, 0.717) is 17.7 Å². The molecule has 7 heteroatoms. The molecule has 0 radical (unpaired) electrons. The molecule has 0 saturated heterocycles. The van der Waals surface area contributed by atoms with Crippen LogP contribution in [0.15, 0.2) is 47.5 Å². The first-order valence-electron chi connectivity index (χ1n) is 5.93. The summed E-state index contributed by atoms with van der Waals surface area (Å²) in [7, 11) is 0. The Morgan fingerprint density at radius 2 is 1.86 bits per heavy atom. The second-order valence-corrected chi connectivity index (χ2v) is 5.37. The molecule has 1 aromatic heterocycles. The number of aromatic nitrogens is 1. The minimum absolute atomic E-state index is 0.113. The van der Waals surface area contributed by atoms with Crippen LogP contribution in [0.5, 0.6) is 0 Å². The molecule has 1 amide bonds. The highest BCUT2D eigenvalue weighted by atomic mass is 32.2. The minimum atomic E-state index is -4.30. The maximum absolute atomic E-state index is 12.2. The van der Waals surface area contributed by atoms with E-state index in [1.54, 1.807) is 24.3 Å². The normalized spacial score (nSPS) is 11.4. The Labute approximate surface area is 123 Å². The van der Waals surface area contributed by atoms with E-state index in [1.165, 1.54) is 18.3 Å². The third-order valence-corrected chi connectivity index (χ3v) is 3.42. The second kappa shape index (κ2) is 6.17. The zero-order valence-electron chi connectivity index (χ0n) is 10.7. The molecule has 21 heavy (non-hydrogen) atoms. The van der Waals surface area contributed by atoms with Gasteiger partial charge in [0.25, 0.3) is 5.91 Å². The smallest absolute Gasteiger partial charge is 0.366 e. The van der Waals surface area contributed by atoms with E-state index >= 15 is 0 Å². The molecule has 0 aliphatic rings. The summed E-state index contributed by atoms with van der Waals surface area (Å²) in [5.41, 5.74) is 2.52. The number of pyridine rings is 1. The molecule has 0 fully saturated rings. The Morgan fingerprint density at radius 3 is 2.43 bits per heavy atom. The SMILES string of the molecule is NC(=O)c1cccnc1Cc1ccc(SC(F)(F)F)cc1. The molecule has 0 bridgehead atoms. The predicted molar refractivity (Wildman–Crippen MR) is 73.9 cm³/mol. The molecule has 0 aliphatic carbocycles. The molecule has 3 nitrogen and oxygen atoms in total. The average Bonchev–Trinajstić information content (AvgIpc) is 2.40. The Bertz CT molecular complexity index is 641. The van der Waals surface area contributed by atoms with Gasteiger partial charge in [-0.15, -0.1) is 0 Å². The predicted octanol–water partition coefficient (Wildman–Crippen LogP) is 3.38. The van der Waals surface area contributed by atoms with Crippen molar-refractivity contribution in [1.29, 1.82) is 0 Å². The van der Waals surface area contributed by atoms with Crippen molar-refractivity contribution in [3.8, 4) is 0 Å². The second-order valence-electron chi connectivity index (χ2n) is 4.23. The number of primary amides is 1. The highest BCUT2D eigenvalue weighted by Gasteiger charge is 2.29. The largest absolute Gasteiger partial charge is 0.446 e. The van der Waals surface area contributed by atoms with Gasteiger partial charge in [-0.3, -0.25) is 9.78 Å². The van der Waals surface area contributed by atoms with Gasteiger partial charge >= 0.3 is 5.51 Å². The zero-order chi connectivity index (χ0) is 15.5. The Kier molecular flexibility index (Phi) is 4.52. The van der Waals surface area contributed by atoms with Crippen LogP contribution in [-0.4, -0.2) is 16.4 Å². The monoisotopic (exact) mass is 312 g/mol. The number of hydrogen-bond donors (Lipinski definition) is 1. The Morgan fingerprint density at radius 1 is 1.19 bits per heavy atom. The maximum atomic E-state index is 12.2. The van der Waals surface area contributed by atoms with E-state index in [-0.39, 0.29) is 16.7 Å². The topological polar surface area (TPSA) is 56.0 Å². The number of nitrogens with zero attached hydrogens (tertiary/aromatic N) is 1. The number of benzene rings is 1. The van der Waals surface area contributed by atoms with Gasteiger partial charge in [0.15, 0.2) is 0 Å². The molecule has 1 aromatic carbocycles. The summed E-state index contributed by atoms with van der Waals surface area (Å²) in [5, 5.41) is 0. The van der Waals surface area contributed by atoms with E-state index < -0.39 is 11.4 Å². The molecule has 2 N–H and O–H groups in total. The van der Waals surface area contributed by atoms with Gasteiger partial charge < -0.3 is 5.73 Å². The van der Waals surface area contributed by atoms with Crippen LogP contribution in [0.2, 0.25) is 0 Å². The van der Waals surface area contributed by atoms with E-state index in [1.807, 2.05) is 0 Å². The molecular weight excluding hydrogens is 301 g/mol. The highest BCUT2D eigenvalue weighted by Crippen LogP contribution is 2.36. The fourth-order valence-corrected chi connectivity index (χ4v) is 2.34. The quantitative estimate of drug-likeness (QED) is 0.881. The minimum Gasteiger partial charge on any atom is -0.366 e. The molecule has 2 aromatic rings. The van der Waals surface area contributed by atoms with Gasteiger partial charge in [-0.1, -0.05) is 12.1 Å². The molecule has 1 heterocycles. The fourth-order valence-electron chi connectivity index (χ4n) is 1.81. The van der Waals surface area contributed by atoms with Crippen molar-refractivity contribution in [3.05, 3.63) is 59.4 Å². The van der Waals surface area contributed by atoms with Crippen molar-refractivity contribution in [3.63, 3.8) is 0 Å². The fraction of sp³-hybridized carbons (Fsp3) is 0.143. The number of thioether (sulfide) groups is 1. The number of carbonyl (C=O) groups is 1. The molecule has 0 aliphatic heterocycles. The number of alkyl halides is 3. The molecular formula is C14H11F3N2OS. The van der Waals surface area contributed by atoms with Crippen molar-refractivity contribution in [2.75, 3.05) is 0 Å². The third kappa shape index (κ3) is 4.49. The highest BCUT2D eigenvalue weighted by molar-refractivity contribution is 8.00. The first-order chi connectivity index (χ1) is 9.85. The van der Waals surface area contributed by atoms with Gasteiger partial charge in [-0.25, -0.2) is 0 Å². The first kappa shape index (κ1) is 15.4. The van der Waals surface area contributed by atoms with Gasteiger partial charge in [-0.05, 0) is 41.6 Å². The van der Waals surface area contributed by atoms with E-state index in [9.17, 15) is 18.0 Å². The molecule has 110 valence electrons. The van der Waals surface area contributed by atoms with E-state index in [2.05, 4.69) is 4.98 Å². The lowest BCUT2D eigenvalue weighted by atomic mass is 10.1. The molecule has 0 saturated carbocycles. The summed E-state index contributed by atoms with van der Waals surface area (Å²) < 4.78 is 36.7. The van der Waals surface area contributed by atoms with Gasteiger partial charge in [-0.2, -0.15) is 13.2 Å². The summed E-state index contributed by atoms with van der Waals surface area (Å²) in [6.07, 6.45) is 1.87. The van der Waals surface area contributed by atoms with Crippen LogP contribution in [0.4, 0.5) is 13.2 Å². The van der Waals surface area contributed by atoms with Crippen molar-refractivity contribution in [2.45, 2.75) is 16.8 Å². The summed E-state index contributed by atoms with van der Waals surface area (Å²) in [4.78, 5) is 15.5.